The Bertz CT molecular complexity index is 371. The molecule has 3 nitrogen and oxygen atoms in total. The number of nitrogens with zero attached hydrogens (tertiary/aromatic N) is 3. The van der Waals surface area contributed by atoms with Crippen molar-refractivity contribution < 1.29 is 0 Å². The first-order valence-electron chi connectivity index (χ1n) is 4.26. The van der Waals surface area contributed by atoms with E-state index in [-0.39, 0.29) is 5.41 Å². The first-order chi connectivity index (χ1) is 6.17. The van der Waals surface area contributed by atoms with Crippen molar-refractivity contribution in [2.45, 2.75) is 26.3 Å². The molecule has 0 spiro atoms. The average Bonchev–Trinajstić information content (AvgIpc) is 2.85. The smallest absolute Gasteiger partial charge is 0.0770 e. The van der Waals surface area contributed by atoms with Crippen molar-refractivity contribution in [1.29, 1.82) is 5.26 Å². The van der Waals surface area contributed by atoms with Gasteiger partial charge in [0.15, 0.2) is 0 Å². The fourth-order valence-electron chi connectivity index (χ4n) is 1.33. The molecule has 1 aliphatic carbocycles. The van der Waals surface area contributed by atoms with Gasteiger partial charge in [-0.2, -0.15) is 10.4 Å². The van der Waals surface area contributed by atoms with E-state index in [2.05, 4.69) is 27.1 Å². The van der Waals surface area contributed by atoms with Crippen molar-refractivity contribution >= 4 is 15.9 Å². The van der Waals surface area contributed by atoms with E-state index in [0.717, 1.165) is 29.6 Å². The fraction of sp³-hybridized carbons (Fsp3) is 0.556. The topological polar surface area (TPSA) is 41.6 Å². The fourth-order valence-corrected chi connectivity index (χ4v) is 1.62. The Hall–Kier alpha value is -0.820. The Balaban J connectivity index is 2.20. The Morgan fingerprint density at radius 3 is 2.85 bits per heavy atom. The van der Waals surface area contributed by atoms with Crippen molar-refractivity contribution in [3.63, 3.8) is 0 Å². The molecular weight excluding hydrogens is 230 g/mol. The van der Waals surface area contributed by atoms with Crippen LogP contribution in [0, 0.1) is 23.7 Å². The summed E-state index contributed by atoms with van der Waals surface area (Å²) in [5, 5.41) is 13.1. The SMILES string of the molecule is Cc1c(Br)cnn1CC1(C#N)CC1. The van der Waals surface area contributed by atoms with Crippen LogP contribution in [0.3, 0.4) is 0 Å². The average molecular weight is 240 g/mol. The second kappa shape index (κ2) is 2.85. The zero-order chi connectivity index (χ0) is 9.47. The molecule has 1 saturated carbocycles. The Kier molecular flexibility index (Phi) is 1.92. The minimum Gasteiger partial charge on any atom is -0.267 e. The molecule has 68 valence electrons. The van der Waals surface area contributed by atoms with E-state index in [4.69, 9.17) is 5.26 Å². The molecule has 0 bridgehead atoms. The Labute approximate surface area is 85.5 Å². The highest BCUT2D eigenvalue weighted by Crippen LogP contribution is 2.46. The molecule has 4 heteroatoms. The van der Waals surface area contributed by atoms with Gasteiger partial charge >= 0.3 is 0 Å². The maximum atomic E-state index is 8.91. The van der Waals surface area contributed by atoms with Crippen LogP contribution < -0.4 is 0 Å². The van der Waals surface area contributed by atoms with Crippen molar-refractivity contribution in [3.8, 4) is 6.07 Å². The van der Waals surface area contributed by atoms with Crippen LogP contribution in [0.2, 0.25) is 0 Å². The normalized spacial score (nSPS) is 18.2. The van der Waals surface area contributed by atoms with Gasteiger partial charge in [0, 0.05) is 5.69 Å². The zero-order valence-corrected chi connectivity index (χ0v) is 9.00. The van der Waals surface area contributed by atoms with Gasteiger partial charge in [-0.05, 0) is 35.7 Å². The molecule has 0 amide bonds. The summed E-state index contributed by atoms with van der Waals surface area (Å²) in [7, 11) is 0. The Morgan fingerprint density at radius 1 is 1.77 bits per heavy atom. The largest absolute Gasteiger partial charge is 0.267 e. The molecular formula is C9H10BrN3. The van der Waals surface area contributed by atoms with E-state index in [1.165, 1.54) is 0 Å². The molecule has 0 atom stereocenters. The maximum absolute atomic E-state index is 8.91. The first-order valence-corrected chi connectivity index (χ1v) is 5.05. The first kappa shape index (κ1) is 8.76. The van der Waals surface area contributed by atoms with E-state index >= 15 is 0 Å². The molecule has 0 unspecified atom stereocenters. The third kappa shape index (κ3) is 1.49. The van der Waals surface area contributed by atoms with Gasteiger partial charge < -0.3 is 0 Å². The van der Waals surface area contributed by atoms with Crippen LogP contribution >= 0.6 is 15.9 Å². The molecule has 0 saturated heterocycles. The van der Waals surface area contributed by atoms with Crippen LogP contribution in [0.1, 0.15) is 18.5 Å². The van der Waals surface area contributed by atoms with E-state index in [9.17, 15) is 0 Å². The van der Waals surface area contributed by atoms with Crippen molar-refractivity contribution in [3.05, 3.63) is 16.4 Å². The van der Waals surface area contributed by atoms with Crippen LogP contribution in [0.4, 0.5) is 0 Å². The lowest BCUT2D eigenvalue weighted by molar-refractivity contribution is 0.476. The predicted molar refractivity (Wildman–Crippen MR) is 51.9 cm³/mol. The number of aromatic nitrogens is 2. The number of rotatable bonds is 2. The summed E-state index contributed by atoms with van der Waals surface area (Å²) in [4.78, 5) is 0. The lowest BCUT2D eigenvalue weighted by Crippen LogP contribution is -2.12. The summed E-state index contributed by atoms with van der Waals surface area (Å²) in [6.45, 7) is 2.74. The zero-order valence-electron chi connectivity index (χ0n) is 7.42. The summed E-state index contributed by atoms with van der Waals surface area (Å²) in [5.74, 6) is 0. The molecule has 1 fully saturated rings. The second-order valence-corrected chi connectivity index (χ2v) is 4.48. The second-order valence-electron chi connectivity index (χ2n) is 3.63. The van der Waals surface area contributed by atoms with Crippen LogP contribution in [-0.4, -0.2) is 9.78 Å². The van der Waals surface area contributed by atoms with Gasteiger partial charge in [-0.1, -0.05) is 0 Å². The number of hydrogen-bond donors (Lipinski definition) is 0. The van der Waals surface area contributed by atoms with Crippen LogP contribution in [-0.2, 0) is 6.54 Å². The van der Waals surface area contributed by atoms with Gasteiger partial charge in [0.05, 0.1) is 28.7 Å². The molecule has 1 aromatic rings. The summed E-state index contributed by atoms with van der Waals surface area (Å²) in [5.41, 5.74) is 0.984. The standard InChI is InChI=1S/C9H10BrN3/c1-7-8(10)4-12-13(7)6-9(5-11)2-3-9/h4H,2-3,6H2,1H3. The third-order valence-corrected chi connectivity index (χ3v) is 3.36. The van der Waals surface area contributed by atoms with Crippen LogP contribution in [0.25, 0.3) is 0 Å². The van der Waals surface area contributed by atoms with Gasteiger partial charge in [0.25, 0.3) is 0 Å². The van der Waals surface area contributed by atoms with Gasteiger partial charge in [0.1, 0.15) is 0 Å². The van der Waals surface area contributed by atoms with Gasteiger partial charge in [-0.3, -0.25) is 4.68 Å². The van der Waals surface area contributed by atoms with E-state index in [1.54, 1.807) is 6.20 Å². The van der Waals surface area contributed by atoms with Crippen molar-refractivity contribution in [2.75, 3.05) is 0 Å². The van der Waals surface area contributed by atoms with E-state index in [0.29, 0.717) is 0 Å². The minimum atomic E-state index is -0.115. The molecule has 1 heterocycles. The van der Waals surface area contributed by atoms with Gasteiger partial charge in [-0.25, -0.2) is 0 Å². The molecule has 0 radical (unpaired) electrons. The lowest BCUT2D eigenvalue weighted by atomic mass is 10.1. The number of hydrogen-bond acceptors (Lipinski definition) is 2. The Morgan fingerprint density at radius 2 is 2.46 bits per heavy atom. The number of nitriles is 1. The molecule has 1 aromatic heterocycles. The molecule has 2 rings (SSSR count). The predicted octanol–water partition coefficient (Wildman–Crippen LogP) is 2.26. The van der Waals surface area contributed by atoms with Crippen molar-refractivity contribution in [1.82, 2.24) is 9.78 Å². The quantitative estimate of drug-likeness (QED) is 0.795. The van der Waals surface area contributed by atoms with E-state index < -0.39 is 0 Å². The van der Waals surface area contributed by atoms with Crippen LogP contribution in [0.15, 0.2) is 10.7 Å². The van der Waals surface area contributed by atoms with Gasteiger partial charge in [-0.15, -0.1) is 0 Å². The van der Waals surface area contributed by atoms with Crippen molar-refractivity contribution in [2.24, 2.45) is 5.41 Å². The third-order valence-electron chi connectivity index (χ3n) is 2.59. The van der Waals surface area contributed by atoms with Crippen LogP contribution in [0.5, 0.6) is 0 Å². The molecule has 0 aliphatic heterocycles. The van der Waals surface area contributed by atoms with Gasteiger partial charge in [0.2, 0.25) is 0 Å². The lowest BCUT2D eigenvalue weighted by Gasteiger charge is -2.07. The molecule has 1 aliphatic rings. The van der Waals surface area contributed by atoms with E-state index in [1.807, 2.05) is 11.6 Å². The highest BCUT2D eigenvalue weighted by atomic mass is 79.9. The molecule has 13 heavy (non-hydrogen) atoms. The monoisotopic (exact) mass is 239 g/mol. The minimum absolute atomic E-state index is 0.115. The molecule has 0 N–H and O–H groups in total. The highest BCUT2D eigenvalue weighted by molar-refractivity contribution is 9.10. The summed E-state index contributed by atoms with van der Waals surface area (Å²) >= 11 is 3.40. The maximum Gasteiger partial charge on any atom is 0.0770 e. The number of halogens is 1. The summed E-state index contributed by atoms with van der Waals surface area (Å²) < 4.78 is 2.92. The summed E-state index contributed by atoms with van der Waals surface area (Å²) in [6, 6.07) is 2.36. The highest BCUT2D eigenvalue weighted by Gasteiger charge is 2.44. The molecule has 0 aromatic carbocycles. The summed E-state index contributed by atoms with van der Waals surface area (Å²) in [6.07, 6.45) is 3.81.